The number of aromatic nitrogens is 1. The molecule has 0 unspecified atom stereocenters. The Bertz CT molecular complexity index is 522. The van der Waals surface area contributed by atoms with Gasteiger partial charge < -0.3 is 9.75 Å². The molecule has 0 aliphatic rings. The highest BCUT2D eigenvalue weighted by Crippen LogP contribution is 2.20. The van der Waals surface area contributed by atoms with Crippen LogP contribution in [0.15, 0.2) is 48.8 Å². The predicted molar refractivity (Wildman–Crippen MR) is 85.0 cm³/mol. The van der Waals surface area contributed by atoms with Crippen molar-refractivity contribution < 1.29 is 4.74 Å². The van der Waals surface area contributed by atoms with Crippen molar-refractivity contribution >= 4 is 21.6 Å². The second kappa shape index (κ2) is 7.87. The number of pyridine rings is 1. The first-order valence-corrected chi connectivity index (χ1v) is 7.62. The van der Waals surface area contributed by atoms with E-state index in [0.29, 0.717) is 5.52 Å². The van der Waals surface area contributed by atoms with Gasteiger partial charge in [-0.15, -0.1) is 0 Å². The fourth-order valence-electron chi connectivity index (χ4n) is 2.01. The zero-order valence-electron chi connectivity index (χ0n) is 11.2. The molecule has 2 aromatic rings. The Morgan fingerprint density at radius 1 is 1.15 bits per heavy atom. The lowest BCUT2D eigenvalue weighted by atomic mass is 10.1. The normalized spacial score (nSPS) is 10.3. The molecule has 0 aliphatic carbocycles. The molecule has 0 amide bonds. The maximum Gasteiger partial charge on any atom is 0.143 e. The van der Waals surface area contributed by atoms with E-state index in [4.69, 9.17) is 10.6 Å². The molecule has 0 spiro atoms. The number of ether oxygens (including phenoxy) is 1. The summed E-state index contributed by atoms with van der Waals surface area (Å²) in [6.45, 7) is 0.784. The van der Waals surface area contributed by atoms with E-state index in [0.717, 1.165) is 30.8 Å². The number of aryl methyl sites for hydroxylation is 1. The van der Waals surface area contributed by atoms with E-state index in [1.165, 1.54) is 5.56 Å². The first-order chi connectivity index (χ1) is 9.81. The minimum Gasteiger partial charge on any atom is -0.482 e. The smallest absolute Gasteiger partial charge is 0.143 e. The lowest BCUT2D eigenvalue weighted by Gasteiger charge is -2.18. The number of hydrazine groups is 1. The molecule has 2 rings (SSSR count). The van der Waals surface area contributed by atoms with Crippen LogP contribution in [0.4, 0.5) is 5.69 Å². The lowest BCUT2D eigenvalue weighted by molar-refractivity contribution is 0.392. The first-order valence-electron chi connectivity index (χ1n) is 6.50. The maximum atomic E-state index is 6.02. The van der Waals surface area contributed by atoms with Gasteiger partial charge in [0, 0.05) is 18.9 Å². The summed E-state index contributed by atoms with van der Waals surface area (Å²) < 4.78 is 5.54. The Morgan fingerprint density at radius 2 is 1.90 bits per heavy atom. The average Bonchev–Trinajstić information content (AvgIpc) is 2.50. The fraction of sp³-hybridized carbons (Fsp3) is 0.267. The maximum absolute atomic E-state index is 6.02. The summed E-state index contributed by atoms with van der Waals surface area (Å²) in [7, 11) is 0. The third-order valence-electron chi connectivity index (χ3n) is 3.02. The molecule has 106 valence electrons. The highest BCUT2D eigenvalue weighted by atomic mass is 79.9. The van der Waals surface area contributed by atoms with Crippen LogP contribution >= 0.6 is 15.9 Å². The van der Waals surface area contributed by atoms with Crippen LogP contribution in [0.3, 0.4) is 0 Å². The van der Waals surface area contributed by atoms with Gasteiger partial charge in [0.1, 0.15) is 11.3 Å². The molecule has 0 bridgehead atoms. The molecule has 0 atom stereocenters. The summed E-state index contributed by atoms with van der Waals surface area (Å²) in [5.74, 6) is 6.95. The number of hydrogen-bond acceptors (Lipinski definition) is 4. The number of anilines is 1. The molecule has 0 saturated carbocycles. The summed E-state index contributed by atoms with van der Waals surface area (Å²) in [6.07, 6.45) is 5.38. The zero-order chi connectivity index (χ0) is 14.2. The van der Waals surface area contributed by atoms with Crippen molar-refractivity contribution in [3.8, 4) is 5.75 Å². The first kappa shape index (κ1) is 14.8. The van der Waals surface area contributed by atoms with Crippen LogP contribution in [-0.2, 0) is 6.42 Å². The topological polar surface area (TPSA) is 51.4 Å². The number of nitrogens with zero attached hydrogens (tertiary/aromatic N) is 2. The fourth-order valence-corrected chi connectivity index (χ4v) is 2.26. The molecule has 4 nitrogen and oxygen atoms in total. The molecule has 1 aromatic heterocycles. The van der Waals surface area contributed by atoms with Crippen molar-refractivity contribution in [2.24, 2.45) is 5.84 Å². The Morgan fingerprint density at radius 3 is 2.65 bits per heavy atom. The van der Waals surface area contributed by atoms with Crippen LogP contribution in [0.2, 0.25) is 0 Å². The molecule has 5 heteroatoms. The standard InChI is InChI=1S/C15H18BrN3O/c16-12-20-15-6-2-1-4-13(15)5-3-11-19(17)14-7-9-18-10-8-14/h1-2,4,6-10H,3,5,11-12,17H2. The number of halogens is 1. The van der Waals surface area contributed by atoms with E-state index in [1.807, 2.05) is 30.3 Å². The Hall–Kier alpha value is -1.59. The Kier molecular flexibility index (Phi) is 5.83. The molecule has 2 N–H and O–H groups in total. The summed E-state index contributed by atoms with van der Waals surface area (Å²) in [5, 5.41) is 1.75. The van der Waals surface area contributed by atoms with E-state index in [2.05, 4.69) is 27.0 Å². The van der Waals surface area contributed by atoms with E-state index < -0.39 is 0 Å². The number of rotatable bonds is 7. The van der Waals surface area contributed by atoms with Crippen LogP contribution in [-0.4, -0.2) is 17.0 Å². The molecule has 0 aliphatic heterocycles. The van der Waals surface area contributed by atoms with Gasteiger partial charge in [0.25, 0.3) is 0 Å². The van der Waals surface area contributed by atoms with Crippen molar-refractivity contribution in [2.45, 2.75) is 12.8 Å². The highest BCUT2D eigenvalue weighted by molar-refractivity contribution is 9.09. The second-order valence-electron chi connectivity index (χ2n) is 4.36. The molecular formula is C15H18BrN3O. The number of nitrogens with two attached hydrogens (primary N) is 1. The lowest BCUT2D eigenvalue weighted by Crippen LogP contribution is -2.32. The number of hydrogen-bond donors (Lipinski definition) is 1. The van der Waals surface area contributed by atoms with E-state index in [-0.39, 0.29) is 0 Å². The molecule has 1 heterocycles. The van der Waals surface area contributed by atoms with Crippen molar-refractivity contribution in [2.75, 3.05) is 17.1 Å². The van der Waals surface area contributed by atoms with Gasteiger partial charge in [-0.05, 0) is 52.5 Å². The summed E-state index contributed by atoms with van der Waals surface area (Å²) in [4.78, 5) is 3.98. The summed E-state index contributed by atoms with van der Waals surface area (Å²) in [6, 6.07) is 11.9. The number of benzene rings is 1. The third-order valence-corrected chi connectivity index (χ3v) is 3.25. The van der Waals surface area contributed by atoms with Crippen molar-refractivity contribution in [3.05, 3.63) is 54.4 Å². The van der Waals surface area contributed by atoms with Crippen LogP contribution < -0.4 is 15.6 Å². The molecule has 0 saturated heterocycles. The summed E-state index contributed by atoms with van der Waals surface area (Å²) in [5.41, 5.74) is 2.68. The largest absolute Gasteiger partial charge is 0.482 e. The number of alkyl halides is 1. The Balaban J connectivity index is 1.87. The predicted octanol–water partition coefficient (Wildman–Crippen LogP) is 3.13. The van der Waals surface area contributed by atoms with E-state index >= 15 is 0 Å². The third kappa shape index (κ3) is 4.21. The molecule has 0 radical (unpaired) electrons. The average molecular weight is 336 g/mol. The summed E-state index contributed by atoms with van der Waals surface area (Å²) >= 11 is 3.29. The van der Waals surface area contributed by atoms with Gasteiger partial charge in [-0.3, -0.25) is 4.98 Å². The second-order valence-corrected chi connectivity index (χ2v) is 4.82. The quantitative estimate of drug-likeness (QED) is 0.479. The van der Waals surface area contributed by atoms with Gasteiger partial charge in [-0.2, -0.15) is 0 Å². The minimum atomic E-state index is 0.504. The van der Waals surface area contributed by atoms with Gasteiger partial charge in [0.15, 0.2) is 0 Å². The SMILES string of the molecule is NN(CCCc1ccccc1OCBr)c1ccncc1. The molecule has 0 fully saturated rings. The Labute approximate surface area is 127 Å². The van der Waals surface area contributed by atoms with Gasteiger partial charge in [0.2, 0.25) is 0 Å². The van der Waals surface area contributed by atoms with Crippen LogP contribution in [0.5, 0.6) is 5.75 Å². The van der Waals surface area contributed by atoms with Crippen molar-refractivity contribution in [1.29, 1.82) is 0 Å². The van der Waals surface area contributed by atoms with Crippen molar-refractivity contribution in [3.63, 3.8) is 0 Å². The van der Waals surface area contributed by atoms with Gasteiger partial charge >= 0.3 is 0 Å². The van der Waals surface area contributed by atoms with E-state index in [9.17, 15) is 0 Å². The van der Waals surface area contributed by atoms with Crippen LogP contribution in [0, 0.1) is 0 Å². The molecule has 1 aromatic carbocycles. The van der Waals surface area contributed by atoms with Gasteiger partial charge in [-0.1, -0.05) is 18.2 Å². The van der Waals surface area contributed by atoms with Gasteiger partial charge in [0.05, 0.1) is 5.69 Å². The van der Waals surface area contributed by atoms with Crippen LogP contribution in [0.1, 0.15) is 12.0 Å². The van der Waals surface area contributed by atoms with E-state index in [1.54, 1.807) is 17.4 Å². The van der Waals surface area contributed by atoms with Crippen molar-refractivity contribution in [1.82, 2.24) is 4.98 Å². The van der Waals surface area contributed by atoms with Gasteiger partial charge in [-0.25, -0.2) is 5.84 Å². The molecular weight excluding hydrogens is 318 g/mol. The highest BCUT2D eigenvalue weighted by Gasteiger charge is 2.04. The monoisotopic (exact) mass is 335 g/mol. The van der Waals surface area contributed by atoms with Crippen LogP contribution in [0.25, 0.3) is 0 Å². The number of para-hydroxylation sites is 1. The molecule has 20 heavy (non-hydrogen) atoms. The zero-order valence-corrected chi connectivity index (χ0v) is 12.8. The minimum absolute atomic E-state index is 0.504.